The first-order valence-corrected chi connectivity index (χ1v) is 8.94. The number of rotatable bonds is 4. The lowest BCUT2D eigenvalue weighted by molar-refractivity contribution is 0.0952. The smallest absolute Gasteiger partial charge is 0.251 e. The van der Waals surface area contributed by atoms with Crippen molar-refractivity contribution in [1.29, 1.82) is 5.26 Å². The van der Waals surface area contributed by atoms with Crippen LogP contribution in [0, 0.1) is 11.3 Å². The van der Waals surface area contributed by atoms with E-state index in [1.54, 1.807) is 28.8 Å². The van der Waals surface area contributed by atoms with E-state index in [0.29, 0.717) is 45.9 Å². The first kappa shape index (κ1) is 17.8. The van der Waals surface area contributed by atoms with E-state index in [2.05, 4.69) is 21.4 Å². The van der Waals surface area contributed by atoms with Crippen molar-refractivity contribution in [3.05, 3.63) is 64.7 Å². The summed E-state index contributed by atoms with van der Waals surface area (Å²) in [7, 11) is 0. The molecule has 28 heavy (non-hydrogen) atoms. The molecule has 0 unspecified atom stereocenters. The van der Waals surface area contributed by atoms with E-state index >= 15 is 0 Å². The number of nitriles is 1. The number of para-hydroxylation sites is 2. The molecule has 0 aliphatic rings. The largest absolute Gasteiger partial charge is 0.384 e. The molecule has 0 spiro atoms. The van der Waals surface area contributed by atoms with E-state index in [1.165, 1.54) is 0 Å². The van der Waals surface area contributed by atoms with Crippen LogP contribution in [0.5, 0.6) is 0 Å². The van der Waals surface area contributed by atoms with Gasteiger partial charge in [0.1, 0.15) is 23.0 Å². The highest BCUT2D eigenvalue weighted by molar-refractivity contribution is 6.30. The van der Waals surface area contributed by atoms with Gasteiger partial charge in [0.15, 0.2) is 5.65 Å². The number of anilines is 1. The Bertz CT molecular complexity index is 1240. The lowest BCUT2D eigenvalue weighted by atomic mass is 10.2. The van der Waals surface area contributed by atoms with Gasteiger partial charge in [-0.1, -0.05) is 23.7 Å². The van der Waals surface area contributed by atoms with Gasteiger partial charge in [-0.2, -0.15) is 5.26 Å². The molecule has 8 heteroatoms. The quantitative estimate of drug-likeness (QED) is 0.556. The predicted molar refractivity (Wildman–Crippen MR) is 108 cm³/mol. The molecular weight excluding hydrogens is 376 g/mol. The first-order valence-electron chi connectivity index (χ1n) is 8.57. The highest BCUT2D eigenvalue weighted by Gasteiger charge is 2.18. The number of hydrogen-bond acceptors (Lipinski definition) is 5. The van der Waals surface area contributed by atoms with E-state index in [0.717, 1.165) is 0 Å². The van der Waals surface area contributed by atoms with E-state index in [9.17, 15) is 10.1 Å². The van der Waals surface area contributed by atoms with Crippen LogP contribution < -0.4 is 11.1 Å². The molecule has 0 aliphatic carbocycles. The number of carbonyl (C=O) groups excluding carboxylic acids is 1. The Labute approximate surface area is 165 Å². The van der Waals surface area contributed by atoms with E-state index < -0.39 is 0 Å². The lowest BCUT2D eigenvalue weighted by Crippen LogP contribution is -2.27. The number of aromatic nitrogens is 3. The molecule has 0 radical (unpaired) electrons. The zero-order valence-corrected chi connectivity index (χ0v) is 15.4. The van der Waals surface area contributed by atoms with Crippen molar-refractivity contribution in [3.63, 3.8) is 0 Å². The second kappa shape index (κ2) is 7.18. The van der Waals surface area contributed by atoms with Crippen molar-refractivity contribution in [2.75, 3.05) is 12.3 Å². The number of nitrogens with one attached hydrogen (secondary N) is 1. The van der Waals surface area contributed by atoms with Crippen LogP contribution in [0.3, 0.4) is 0 Å². The number of hydrogen-bond donors (Lipinski definition) is 2. The van der Waals surface area contributed by atoms with Crippen LogP contribution in [0.15, 0.2) is 48.5 Å². The third-order valence-electron chi connectivity index (χ3n) is 4.43. The number of carbonyl (C=O) groups is 1. The number of benzene rings is 2. The van der Waals surface area contributed by atoms with Gasteiger partial charge in [0.05, 0.1) is 11.0 Å². The van der Waals surface area contributed by atoms with Gasteiger partial charge in [-0.25, -0.2) is 9.97 Å². The zero-order valence-electron chi connectivity index (χ0n) is 14.7. The molecular formula is C20H15ClN6O. The van der Waals surface area contributed by atoms with Gasteiger partial charge >= 0.3 is 0 Å². The second-order valence-corrected chi connectivity index (χ2v) is 6.61. The summed E-state index contributed by atoms with van der Waals surface area (Å²) in [5.74, 6) is 0.0669. The summed E-state index contributed by atoms with van der Waals surface area (Å²) in [6, 6.07) is 16.2. The van der Waals surface area contributed by atoms with Gasteiger partial charge in [0.25, 0.3) is 5.91 Å². The van der Waals surface area contributed by atoms with Crippen LogP contribution in [0.4, 0.5) is 5.82 Å². The molecule has 0 saturated carbocycles. The van der Waals surface area contributed by atoms with Gasteiger partial charge in [-0.3, -0.25) is 4.79 Å². The minimum Gasteiger partial charge on any atom is -0.384 e. The van der Waals surface area contributed by atoms with Crippen molar-refractivity contribution in [2.45, 2.75) is 6.54 Å². The maximum absolute atomic E-state index is 12.3. The van der Waals surface area contributed by atoms with Crippen molar-refractivity contribution in [3.8, 4) is 6.07 Å². The molecule has 0 atom stereocenters. The summed E-state index contributed by atoms with van der Waals surface area (Å²) in [4.78, 5) is 21.4. The molecule has 2 aromatic carbocycles. The summed E-state index contributed by atoms with van der Waals surface area (Å²) >= 11 is 5.84. The fourth-order valence-corrected chi connectivity index (χ4v) is 3.16. The monoisotopic (exact) mass is 390 g/mol. The highest BCUT2D eigenvalue weighted by atomic mass is 35.5. The minimum atomic E-state index is -0.219. The Balaban J connectivity index is 1.62. The van der Waals surface area contributed by atoms with Crippen molar-refractivity contribution >= 4 is 45.5 Å². The van der Waals surface area contributed by atoms with Crippen LogP contribution in [-0.4, -0.2) is 27.0 Å². The standard InChI is InChI=1S/C20H15ClN6O/c21-13-7-5-12(6-8-13)20(28)24-9-10-27-18(23)14(11-22)17-19(27)26-16-4-2-1-3-15(16)25-17/h1-8H,9-10,23H2,(H,24,28). The summed E-state index contributed by atoms with van der Waals surface area (Å²) in [5, 5.41) is 12.9. The Hall–Kier alpha value is -3.63. The average Bonchev–Trinajstić information content (AvgIpc) is 2.96. The maximum atomic E-state index is 12.3. The van der Waals surface area contributed by atoms with E-state index in [1.807, 2.05) is 24.3 Å². The number of nitrogens with two attached hydrogens (primary N) is 1. The zero-order chi connectivity index (χ0) is 19.7. The Morgan fingerprint density at radius 2 is 1.82 bits per heavy atom. The van der Waals surface area contributed by atoms with Crippen LogP contribution >= 0.6 is 11.6 Å². The Kier molecular flexibility index (Phi) is 4.55. The van der Waals surface area contributed by atoms with Crippen LogP contribution in [0.1, 0.15) is 15.9 Å². The van der Waals surface area contributed by atoms with Crippen molar-refractivity contribution in [1.82, 2.24) is 19.9 Å². The average molecular weight is 391 g/mol. The van der Waals surface area contributed by atoms with E-state index in [4.69, 9.17) is 17.3 Å². The third kappa shape index (κ3) is 3.10. The van der Waals surface area contributed by atoms with Gasteiger partial charge in [0, 0.05) is 23.7 Å². The van der Waals surface area contributed by atoms with Crippen LogP contribution in [0.25, 0.3) is 22.2 Å². The molecule has 0 saturated heterocycles. The van der Waals surface area contributed by atoms with Gasteiger partial charge in [-0.15, -0.1) is 0 Å². The van der Waals surface area contributed by atoms with Crippen LogP contribution in [0.2, 0.25) is 5.02 Å². The number of nitrogens with zero attached hydrogens (tertiary/aromatic N) is 4. The molecule has 2 aromatic heterocycles. The van der Waals surface area contributed by atoms with Crippen molar-refractivity contribution < 1.29 is 4.79 Å². The number of amides is 1. The number of nitrogen functional groups attached to an aromatic ring is 1. The Morgan fingerprint density at radius 1 is 1.14 bits per heavy atom. The maximum Gasteiger partial charge on any atom is 0.251 e. The normalized spacial score (nSPS) is 10.9. The summed E-state index contributed by atoms with van der Waals surface area (Å²) < 4.78 is 1.70. The molecule has 0 aliphatic heterocycles. The summed E-state index contributed by atoms with van der Waals surface area (Å²) in [6.45, 7) is 0.672. The summed E-state index contributed by atoms with van der Waals surface area (Å²) in [6.07, 6.45) is 0. The Morgan fingerprint density at radius 3 is 2.50 bits per heavy atom. The minimum absolute atomic E-state index is 0.219. The molecule has 2 heterocycles. The van der Waals surface area contributed by atoms with Crippen molar-refractivity contribution in [2.24, 2.45) is 0 Å². The molecule has 0 bridgehead atoms. The van der Waals surface area contributed by atoms with Gasteiger partial charge in [0.2, 0.25) is 0 Å². The fraction of sp³-hybridized carbons (Fsp3) is 0.100. The second-order valence-electron chi connectivity index (χ2n) is 6.17. The third-order valence-corrected chi connectivity index (χ3v) is 4.68. The number of halogens is 1. The lowest BCUT2D eigenvalue weighted by Gasteiger charge is -2.09. The van der Waals surface area contributed by atoms with Gasteiger partial charge < -0.3 is 15.6 Å². The molecule has 4 aromatic rings. The molecule has 7 nitrogen and oxygen atoms in total. The first-order chi connectivity index (χ1) is 13.6. The molecule has 4 rings (SSSR count). The molecule has 0 fully saturated rings. The number of fused-ring (bicyclic) bond motifs is 2. The fourth-order valence-electron chi connectivity index (χ4n) is 3.04. The highest BCUT2D eigenvalue weighted by Crippen LogP contribution is 2.26. The predicted octanol–water partition coefficient (Wildman–Crippen LogP) is 3.12. The topological polar surface area (TPSA) is 110 Å². The SMILES string of the molecule is N#Cc1c(N)n(CCNC(=O)c2ccc(Cl)cc2)c2nc3ccccc3nc12. The van der Waals surface area contributed by atoms with Gasteiger partial charge in [-0.05, 0) is 36.4 Å². The molecule has 3 N–H and O–H groups in total. The van der Waals surface area contributed by atoms with Crippen LogP contribution in [-0.2, 0) is 6.54 Å². The molecule has 1 amide bonds. The van der Waals surface area contributed by atoms with E-state index in [-0.39, 0.29) is 17.3 Å². The summed E-state index contributed by atoms with van der Waals surface area (Å²) in [5.41, 5.74) is 9.36. The molecule has 138 valence electrons.